The summed E-state index contributed by atoms with van der Waals surface area (Å²) in [6, 6.07) is 14.0. The maximum atomic E-state index is 6.07. The van der Waals surface area contributed by atoms with Gasteiger partial charge in [-0.1, -0.05) is 35.9 Å². The second kappa shape index (κ2) is 7.25. The van der Waals surface area contributed by atoms with Crippen LogP contribution in [0.3, 0.4) is 0 Å². The minimum absolute atomic E-state index is 0.136. The molecule has 0 spiro atoms. The van der Waals surface area contributed by atoms with Crippen molar-refractivity contribution in [3.63, 3.8) is 0 Å². The van der Waals surface area contributed by atoms with Crippen LogP contribution in [0.1, 0.15) is 24.1 Å². The van der Waals surface area contributed by atoms with Crippen LogP contribution in [-0.2, 0) is 0 Å². The molecule has 0 saturated carbocycles. The summed E-state index contributed by atoms with van der Waals surface area (Å²) in [6.07, 6.45) is 0. The number of benzene rings is 2. The largest absolute Gasteiger partial charge is 0.356 e. The number of thiocarbonyl (C=S) groups is 1. The van der Waals surface area contributed by atoms with Gasteiger partial charge >= 0.3 is 0 Å². The third-order valence-electron chi connectivity index (χ3n) is 3.18. The zero-order valence-electron chi connectivity index (χ0n) is 11.8. The molecule has 2 aromatic rings. The van der Waals surface area contributed by atoms with E-state index in [0.717, 1.165) is 10.2 Å². The number of anilines is 1. The first-order valence-corrected chi connectivity index (χ1v) is 8.13. The van der Waals surface area contributed by atoms with Gasteiger partial charge in [0, 0.05) is 10.2 Å². The highest BCUT2D eigenvalue weighted by Gasteiger charge is 2.09. The summed E-state index contributed by atoms with van der Waals surface area (Å²) in [5, 5.41) is 7.65. The van der Waals surface area contributed by atoms with E-state index in [1.807, 2.05) is 30.3 Å². The van der Waals surface area contributed by atoms with Gasteiger partial charge in [0.2, 0.25) is 0 Å². The molecular formula is C16H16BrClN2S. The Morgan fingerprint density at radius 3 is 2.62 bits per heavy atom. The number of hydrogen-bond acceptors (Lipinski definition) is 1. The van der Waals surface area contributed by atoms with Crippen LogP contribution in [0.4, 0.5) is 5.69 Å². The van der Waals surface area contributed by atoms with E-state index < -0.39 is 0 Å². The van der Waals surface area contributed by atoms with Gasteiger partial charge in [0.1, 0.15) is 0 Å². The van der Waals surface area contributed by atoms with Gasteiger partial charge in [-0.15, -0.1) is 0 Å². The Balaban J connectivity index is 2.01. The summed E-state index contributed by atoms with van der Waals surface area (Å²) in [4.78, 5) is 0. The number of nitrogens with one attached hydrogen (secondary N) is 2. The molecule has 0 heterocycles. The van der Waals surface area contributed by atoms with Crippen molar-refractivity contribution in [1.29, 1.82) is 0 Å². The normalized spacial score (nSPS) is 11.8. The van der Waals surface area contributed by atoms with Crippen molar-refractivity contribution in [2.24, 2.45) is 0 Å². The molecule has 0 aliphatic carbocycles. The Morgan fingerprint density at radius 2 is 1.95 bits per heavy atom. The van der Waals surface area contributed by atoms with Crippen molar-refractivity contribution in [2.75, 3.05) is 5.32 Å². The van der Waals surface area contributed by atoms with E-state index in [4.69, 9.17) is 23.8 Å². The maximum Gasteiger partial charge on any atom is 0.171 e. The zero-order valence-corrected chi connectivity index (χ0v) is 14.9. The van der Waals surface area contributed by atoms with Crippen LogP contribution in [-0.4, -0.2) is 5.11 Å². The Bertz CT molecular complexity index is 660. The highest BCUT2D eigenvalue weighted by molar-refractivity contribution is 9.10. The molecule has 2 rings (SSSR count). The predicted molar refractivity (Wildman–Crippen MR) is 98.1 cm³/mol. The summed E-state index contributed by atoms with van der Waals surface area (Å²) in [6.45, 7) is 4.18. The van der Waals surface area contributed by atoms with Gasteiger partial charge in [-0.25, -0.2) is 0 Å². The lowest BCUT2D eigenvalue weighted by Crippen LogP contribution is -2.31. The highest BCUT2D eigenvalue weighted by Crippen LogP contribution is 2.25. The zero-order chi connectivity index (χ0) is 15.4. The van der Waals surface area contributed by atoms with Crippen molar-refractivity contribution < 1.29 is 0 Å². The fourth-order valence-electron chi connectivity index (χ4n) is 2.09. The van der Waals surface area contributed by atoms with Gasteiger partial charge in [0.25, 0.3) is 0 Å². The van der Waals surface area contributed by atoms with Crippen molar-refractivity contribution in [1.82, 2.24) is 5.32 Å². The Kier molecular flexibility index (Phi) is 5.62. The van der Waals surface area contributed by atoms with Crippen LogP contribution < -0.4 is 10.6 Å². The number of rotatable bonds is 3. The van der Waals surface area contributed by atoms with Crippen molar-refractivity contribution in [3.8, 4) is 0 Å². The molecule has 1 atom stereocenters. The Hall–Kier alpha value is -1.10. The van der Waals surface area contributed by atoms with Gasteiger partial charge in [-0.05, 0) is 71.3 Å². The monoisotopic (exact) mass is 382 g/mol. The summed E-state index contributed by atoms with van der Waals surface area (Å²) >= 11 is 14.8. The second-order valence-electron chi connectivity index (χ2n) is 4.81. The number of hydrogen-bond donors (Lipinski definition) is 2. The molecule has 110 valence electrons. The molecule has 0 aliphatic heterocycles. The molecule has 0 aromatic heterocycles. The van der Waals surface area contributed by atoms with E-state index in [2.05, 4.69) is 52.5 Å². The fraction of sp³-hybridized carbons (Fsp3) is 0.188. The van der Waals surface area contributed by atoms with Crippen LogP contribution in [0.25, 0.3) is 0 Å². The van der Waals surface area contributed by atoms with E-state index in [1.165, 1.54) is 11.1 Å². The van der Waals surface area contributed by atoms with Crippen LogP contribution in [0.2, 0.25) is 5.02 Å². The first-order chi connectivity index (χ1) is 9.97. The lowest BCUT2D eigenvalue weighted by molar-refractivity contribution is 0.717. The first-order valence-electron chi connectivity index (χ1n) is 6.55. The molecule has 0 bridgehead atoms. The molecule has 0 fully saturated rings. The molecule has 0 amide bonds. The fourth-order valence-corrected chi connectivity index (χ4v) is 2.81. The molecule has 1 unspecified atom stereocenters. The lowest BCUT2D eigenvalue weighted by atomic mass is 10.0. The molecule has 2 aromatic carbocycles. The van der Waals surface area contributed by atoms with Crippen molar-refractivity contribution in [3.05, 3.63) is 63.1 Å². The smallest absolute Gasteiger partial charge is 0.171 e. The van der Waals surface area contributed by atoms with Crippen molar-refractivity contribution >= 4 is 50.5 Å². The molecule has 21 heavy (non-hydrogen) atoms. The third kappa shape index (κ3) is 4.43. The molecule has 0 saturated heterocycles. The lowest BCUT2D eigenvalue weighted by Gasteiger charge is -2.19. The molecule has 2 N–H and O–H groups in total. The maximum absolute atomic E-state index is 6.07. The van der Waals surface area contributed by atoms with Gasteiger partial charge in [-0.3, -0.25) is 0 Å². The van der Waals surface area contributed by atoms with E-state index in [0.29, 0.717) is 10.1 Å². The van der Waals surface area contributed by atoms with E-state index in [9.17, 15) is 0 Å². The standard InChI is InChI=1S/C16H16BrClN2S/c1-10-5-3-4-6-13(10)11(2)19-16(21)20-12-7-8-14(17)15(18)9-12/h3-9,11H,1-2H3,(H2,19,20,21). The quantitative estimate of drug-likeness (QED) is 0.688. The average molecular weight is 384 g/mol. The van der Waals surface area contributed by atoms with Crippen LogP contribution in [0.5, 0.6) is 0 Å². The topological polar surface area (TPSA) is 24.1 Å². The summed E-state index contributed by atoms with van der Waals surface area (Å²) in [5.41, 5.74) is 3.33. The predicted octanol–water partition coefficient (Wildman–Crippen LogP) is 5.46. The summed E-state index contributed by atoms with van der Waals surface area (Å²) in [7, 11) is 0. The highest BCUT2D eigenvalue weighted by atomic mass is 79.9. The van der Waals surface area contributed by atoms with Crippen LogP contribution in [0.15, 0.2) is 46.9 Å². The van der Waals surface area contributed by atoms with Crippen LogP contribution in [0, 0.1) is 6.92 Å². The first kappa shape index (κ1) is 16.3. The minimum Gasteiger partial charge on any atom is -0.356 e. The van der Waals surface area contributed by atoms with Gasteiger partial charge in [0.05, 0.1) is 11.1 Å². The van der Waals surface area contributed by atoms with E-state index >= 15 is 0 Å². The Morgan fingerprint density at radius 1 is 1.24 bits per heavy atom. The van der Waals surface area contributed by atoms with Crippen molar-refractivity contribution in [2.45, 2.75) is 19.9 Å². The van der Waals surface area contributed by atoms with E-state index in [-0.39, 0.29) is 6.04 Å². The molecular weight excluding hydrogens is 368 g/mol. The SMILES string of the molecule is Cc1ccccc1C(C)NC(=S)Nc1ccc(Br)c(Cl)c1. The summed E-state index contributed by atoms with van der Waals surface area (Å²) < 4.78 is 0.863. The molecule has 0 radical (unpaired) electrons. The average Bonchev–Trinajstić information content (AvgIpc) is 2.43. The minimum atomic E-state index is 0.136. The molecule has 0 aliphatic rings. The van der Waals surface area contributed by atoms with Gasteiger partial charge in [0.15, 0.2) is 5.11 Å². The molecule has 5 heteroatoms. The van der Waals surface area contributed by atoms with Gasteiger partial charge < -0.3 is 10.6 Å². The van der Waals surface area contributed by atoms with Crippen LogP contribution >= 0.6 is 39.7 Å². The summed E-state index contributed by atoms with van der Waals surface area (Å²) in [5.74, 6) is 0. The Labute approximate surface area is 144 Å². The van der Waals surface area contributed by atoms with Gasteiger partial charge in [-0.2, -0.15) is 0 Å². The van der Waals surface area contributed by atoms with E-state index in [1.54, 1.807) is 0 Å². The third-order valence-corrected chi connectivity index (χ3v) is 4.63. The molecule has 2 nitrogen and oxygen atoms in total. The second-order valence-corrected chi connectivity index (χ2v) is 6.48. The number of aryl methyl sites for hydroxylation is 1. The number of halogens is 2.